The number of hydrogen-bond acceptors (Lipinski definition) is 3. The number of halogens is 3. The van der Waals surface area contributed by atoms with Crippen LogP contribution in [0.5, 0.6) is 11.5 Å². The van der Waals surface area contributed by atoms with Crippen LogP contribution in [-0.2, 0) is 0 Å². The van der Waals surface area contributed by atoms with Crippen molar-refractivity contribution >= 4 is 0 Å². The molecule has 0 radical (unpaired) electrons. The number of ether oxygens (including phenoxy) is 2. The molecular weight excluding hydrogens is 247 g/mol. The van der Waals surface area contributed by atoms with Gasteiger partial charge in [-0.25, -0.2) is 0 Å². The average Bonchev–Trinajstić information content (AvgIpc) is 3.04. The lowest BCUT2D eigenvalue weighted by Gasteiger charge is -2.09. The third-order valence-electron chi connectivity index (χ3n) is 2.90. The van der Waals surface area contributed by atoms with E-state index in [-0.39, 0.29) is 6.04 Å². The highest BCUT2D eigenvalue weighted by Gasteiger charge is 2.45. The van der Waals surface area contributed by atoms with E-state index in [2.05, 4.69) is 5.32 Å². The standard InChI is InChI=1S/C12H14F3NO2/c1-17-9-4-3-7(5-10(9)18-2)11-8(16-11)6-12(13,14)15/h3-5,8,11,16H,6H2,1-2H3/t8-,11-/m0/s1. The van der Waals surface area contributed by atoms with Crippen LogP contribution in [-0.4, -0.2) is 26.4 Å². The number of alkyl halides is 3. The van der Waals surface area contributed by atoms with Gasteiger partial charge in [0.05, 0.1) is 20.6 Å². The van der Waals surface area contributed by atoms with Gasteiger partial charge < -0.3 is 14.8 Å². The van der Waals surface area contributed by atoms with Crippen LogP contribution in [0, 0.1) is 0 Å². The summed E-state index contributed by atoms with van der Waals surface area (Å²) in [5.74, 6) is 1.09. The van der Waals surface area contributed by atoms with Crippen LogP contribution < -0.4 is 14.8 Å². The molecule has 0 aliphatic carbocycles. The summed E-state index contributed by atoms with van der Waals surface area (Å²) < 4.78 is 46.8. The van der Waals surface area contributed by atoms with Gasteiger partial charge >= 0.3 is 6.18 Å². The first-order valence-electron chi connectivity index (χ1n) is 5.49. The summed E-state index contributed by atoms with van der Waals surface area (Å²) in [5, 5.41) is 2.81. The largest absolute Gasteiger partial charge is 0.493 e. The molecule has 2 rings (SSSR count). The van der Waals surface area contributed by atoms with Crippen LogP contribution in [0.3, 0.4) is 0 Å². The number of benzene rings is 1. The minimum absolute atomic E-state index is 0.258. The summed E-state index contributed by atoms with van der Waals surface area (Å²) in [5.41, 5.74) is 0.780. The molecule has 1 fully saturated rings. The van der Waals surface area contributed by atoms with Gasteiger partial charge in [-0.3, -0.25) is 0 Å². The molecule has 0 amide bonds. The van der Waals surface area contributed by atoms with Crippen LogP contribution in [0.2, 0.25) is 0 Å². The second-order valence-corrected chi connectivity index (χ2v) is 4.18. The zero-order valence-electron chi connectivity index (χ0n) is 10.0. The van der Waals surface area contributed by atoms with Gasteiger partial charge in [0.1, 0.15) is 0 Å². The molecule has 18 heavy (non-hydrogen) atoms. The Bertz CT molecular complexity index is 434. The van der Waals surface area contributed by atoms with E-state index in [0.29, 0.717) is 11.5 Å². The van der Waals surface area contributed by atoms with Crippen molar-refractivity contribution in [3.05, 3.63) is 23.8 Å². The summed E-state index contributed by atoms with van der Waals surface area (Å²) >= 11 is 0. The van der Waals surface area contributed by atoms with Crippen LogP contribution >= 0.6 is 0 Å². The summed E-state index contributed by atoms with van der Waals surface area (Å²) in [4.78, 5) is 0. The Morgan fingerprint density at radius 2 is 1.83 bits per heavy atom. The molecule has 1 N–H and O–H groups in total. The Morgan fingerprint density at radius 3 is 2.39 bits per heavy atom. The fourth-order valence-electron chi connectivity index (χ4n) is 1.98. The highest BCUT2D eigenvalue weighted by Crippen LogP contribution is 2.40. The lowest BCUT2D eigenvalue weighted by atomic mass is 10.1. The van der Waals surface area contributed by atoms with Crippen molar-refractivity contribution in [2.75, 3.05) is 14.2 Å². The molecule has 100 valence electrons. The van der Waals surface area contributed by atoms with E-state index >= 15 is 0 Å². The molecule has 1 heterocycles. The third kappa shape index (κ3) is 2.87. The van der Waals surface area contributed by atoms with E-state index in [1.807, 2.05) is 0 Å². The predicted molar refractivity (Wildman–Crippen MR) is 59.9 cm³/mol. The number of nitrogens with one attached hydrogen (secondary N) is 1. The normalized spacial score (nSPS) is 22.7. The van der Waals surface area contributed by atoms with Gasteiger partial charge in [-0.15, -0.1) is 0 Å². The maximum Gasteiger partial charge on any atom is 0.390 e. The van der Waals surface area contributed by atoms with Crippen molar-refractivity contribution in [1.82, 2.24) is 5.32 Å². The molecule has 0 spiro atoms. The van der Waals surface area contributed by atoms with E-state index in [1.54, 1.807) is 18.2 Å². The number of hydrogen-bond donors (Lipinski definition) is 1. The van der Waals surface area contributed by atoms with Crippen molar-refractivity contribution in [3.63, 3.8) is 0 Å². The molecule has 1 aliphatic rings. The van der Waals surface area contributed by atoms with Gasteiger partial charge in [0.25, 0.3) is 0 Å². The summed E-state index contributed by atoms with van der Waals surface area (Å²) in [6, 6.07) is 4.34. The van der Waals surface area contributed by atoms with Crippen LogP contribution in [0.1, 0.15) is 18.0 Å². The topological polar surface area (TPSA) is 40.4 Å². The van der Waals surface area contributed by atoms with E-state index in [4.69, 9.17) is 9.47 Å². The monoisotopic (exact) mass is 261 g/mol. The van der Waals surface area contributed by atoms with Gasteiger partial charge in [-0.1, -0.05) is 6.07 Å². The first-order chi connectivity index (χ1) is 8.44. The van der Waals surface area contributed by atoms with Crippen LogP contribution in [0.25, 0.3) is 0 Å². The maximum atomic E-state index is 12.2. The highest BCUT2D eigenvalue weighted by molar-refractivity contribution is 5.45. The van der Waals surface area contributed by atoms with E-state index in [1.165, 1.54) is 14.2 Å². The van der Waals surface area contributed by atoms with Crippen molar-refractivity contribution in [2.24, 2.45) is 0 Å². The molecule has 6 heteroatoms. The minimum atomic E-state index is -4.14. The maximum absolute atomic E-state index is 12.2. The van der Waals surface area contributed by atoms with Gasteiger partial charge in [0.15, 0.2) is 11.5 Å². The Morgan fingerprint density at radius 1 is 1.17 bits per heavy atom. The number of methoxy groups -OCH3 is 2. The Kier molecular flexibility index (Phi) is 3.38. The van der Waals surface area contributed by atoms with Crippen molar-refractivity contribution in [3.8, 4) is 11.5 Å². The zero-order chi connectivity index (χ0) is 13.3. The second kappa shape index (κ2) is 4.68. The molecule has 0 saturated carbocycles. The van der Waals surface area contributed by atoms with Gasteiger partial charge in [0.2, 0.25) is 0 Å². The summed E-state index contributed by atoms with van der Waals surface area (Å²) in [7, 11) is 3.01. The van der Waals surface area contributed by atoms with Crippen molar-refractivity contribution in [2.45, 2.75) is 24.7 Å². The quantitative estimate of drug-likeness (QED) is 0.847. The van der Waals surface area contributed by atoms with Gasteiger partial charge in [0, 0.05) is 12.1 Å². The molecule has 0 unspecified atom stereocenters. The molecule has 0 aromatic heterocycles. The Hall–Kier alpha value is -1.43. The smallest absolute Gasteiger partial charge is 0.390 e. The van der Waals surface area contributed by atoms with Gasteiger partial charge in [-0.05, 0) is 17.7 Å². The zero-order valence-corrected chi connectivity index (χ0v) is 10.0. The first-order valence-corrected chi connectivity index (χ1v) is 5.49. The number of rotatable bonds is 4. The summed E-state index contributed by atoms with van der Waals surface area (Å²) in [6.07, 6.45) is -4.95. The van der Waals surface area contributed by atoms with E-state index in [9.17, 15) is 13.2 Å². The molecule has 1 aliphatic heterocycles. The average molecular weight is 261 g/mol. The second-order valence-electron chi connectivity index (χ2n) is 4.18. The highest BCUT2D eigenvalue weighted by atomic mass is 19.4. The summed E-state index contributed by atoms with van der Waals surface area (Å²) in [6.45, 7) is 0. The van der Waals surface area contributed by atoms with E-state index < -0.39 is 18.6 Å². The molecular formula is C12H14F3NO2. The fourth-order valence-corrected chi connectivity index (χ4v) is 1.98. The van der Waals surface area contributed by atoms with Crippen LogP contribution in [0.4, 0.5) is 13.2 Å². The minimum Gasteiger partial charge on any atom is -0.493 e. The SMILES string of the molecule is COc1ccc([C@@H]2N[C@H]2CC(F)(F)F)cc1OC. The Balaban J connectivity index is 2.08. The lowest BCUT2D eigenvalue weighted by molar-refractivity contribution is -0.134. The predicted octanol–water partition coefficient (Wildman–Crippen LogP) is 2.67. The molecule has 1 aromatic rings. The van der Waals surface area contributed by atoms with Crippen molar-refractivity contribution < 1.29 is 22.6 Å². The van der Waals surface area contributed by atoms with E-state index in [0.717, 1.165) is 5.56 Å². The van der Waals surface area contributed by atoms with Crippen LogP contribution in [0.15, 0.2) is 18.2 Å². The Labute approximate surface area is 103 Å². The first kappa shape index (κ1) is 13.0. The molecule has 3 nitrogen and oxygen atoms in total. The molecule has 2 atom stereocenters. The molecule has 1 saturated heterocycles. The molecule has 0 bridgehead atoms. The lowest BCUT2D eigenvalue weighted by Crippen LogP contribution is -2.12. The van der Waals surface area contributed by atoms with Gasteiger partial charge in [-0.2, -0.15) is 13.2 Å². The molecule has 1 aromatic carbocycles. The fraction of sp³-hybridized carbons (Fsp3) is 0.500. The van der Waals surface area contributed by atoms with Crippen molar-refractivity contribution in [1.29, 1.82) is 0 Å². The third-order valence-corrected chi connectivity index (χ3v) is 2.90.